The molecule has 78 valence electrons. The third-order valence-corrected chi connectivity index (χ3v) is 2.18. The van der Waals surface area contributed by atoms with Gasteiger partial charge >= 0.3 is 0 Å². The highest BCUT2D eigenvalue weighted by molar-refractivity contribution is 5.19. The number of hydrogen-bond acceptors (Lipinski definition) is 2. The Labute approximate surface area is 83.8 Å². The molecule has 0 radical (unpaired) electrons. The maximum Gasteiger partial charge on any atom is 0.251 e. The molecule has 3 heteroatoms. The Hall–Kier alpha value is -1.09. The number of aromatic nitrogens is 1. The van der Waals surface area contributed by atoms with Gasteiger partial charge in [-0.05, 0) is 6.07 Å². The Morgan fingerprint density at radius 1 is 1.36 bits per heavy atom. The molecule has 0 aliphatic carbocycles. The fraction of sp³-hybridized carbons (Fsp3) is 0.545. The molecule has 1 aromatic rings. The van der Waals surface area contributed by atoms with Crippen molar-refractivity contribution in [1.29, 1.82) is 0 Å². The Morgan fingerprint density at radius 2 is 2.00 bits per heavy atom. The molecule has 0 aliphatic heterocycles. The van der Waals surface area contributed by atoms with Gasteiger partial charge in [-0.2, -0.15) is 0 Å². The van der Waals surface area contributed by atoms with Crippen LogP contribution in [0.15, 0.2) is 16.9 Å². The van der Waals surface area contributed by atoms with Crippen LogP contribution in [0.2, 0.25) is 0 Å². The summed E-state index contributed by atoms with van der Waals surface area (Å²) in [5, 5.41) is 8.72. The Balaban J connectivity index is 3.07. The highest BCUT2D eigenvalue weighted by atomic mass is 16.3. The number of pyridine rings is 1. The fourth-order valence-corrected chi connectivity index (χ4v) is 1.26. The molecule has 1 rings (SSSR count). The van der Waals surface area contributed by atoms with Gasteiger partial charge in [0, 0.05) is 29.7 Å². The van der Waals surface area contributed by atoms with Crippen molar-refractivity contribution in [3.05, 3.63) is 33.7 Å². The first kappa shape index (κ1) is 11.0. The average Bonchev–Trinajstić information content (AvgIpc) is 2.07. The van der Waals surface area contributed by atoms with Crippen molar-refractivity contribution in [1.82, 2.24) is 4.98 Å². The molecule has 0 saturated heterocycles. The molecule has 0 bridgehead atoms. The van der Waals surface area contributed by atoms with E-state index in [4.69, 9.17) is 5.11 Å². The summed E-state index contributed by atoms with van der Waals surface area (Å²) >= 11 is 0. The molecule has 0 spiro atoms. The molecular weight excluding hydrogens is 178 g/mol. The van der Waals surface area contributed by atoms with Gasteiger partial charge in [0.05, 0.1) is 0 Å². The van der Waals surface area contributed by atoms with Crippen molar-refractivity contribution >= 4 is 0 Å². The van der Waals surface area contributed by atoms with E-state index in [0.717, 1.165) is 5.69 Å². The van der Waals surface area contributed by atoms with Crippen molar-refractivity contribution < 1.29 is 5.11 Å². The minimum atomic E-state index is -0.0912. The first-order chi connectivity index (χ1) is 6.45. The van der Waals surface area contributed by atoms with Gasteiger partial charge in [-0.1, -0.05) is 26.8 Å². The van der Waals surface area contributed by atoms with Crippen molar-refractivity contribution in [2.24, 2.45) is 0 Å². The summed E-state index contributed by atoms with van der Waals surface area (Å²) in [6.45, 7) is 6.15. The maximum absolute atomic E-state index is 11.5. The quantitative estimate of drug-likeness (QED) is 0.745. The van der Waals surface area contributed by atoms with Gasteiger partial charge in [0.2, 0.25) is 0 Å². The van der Waals surface area contributed by atoms with Crippen molar-refractivity contribution in [2.45, 2.75) is 32.6 Å². The zero-order valence-electron chi connectivity index (χ0n) is 8.92. The lowest BCUT2D eigenvalue weighted by Gasteiger charge is -2.18. The van der Waals surface area contributed by atoms with E-state index in [1.807, 2.05) is 26.8 Å². The van der Waals surface area contributed by atoms with Crippen LogP contribution in [-0.2, 0) is 11.8 Å². The van der Waals surface area contributed by atoms with Crippen LogP contribution in [0.5, 0.6) is 0 Å². The van der Waals surface area contributed by atoms with Gasteiger partial charge in [0.25, 0.3) is 5.56 Å². The highest BCUT2D eigenvalue weighted by Gasteiger charge is 2.14. The number of aliphatic hydroxyl groups is 1. The maximum atomic E-state index is 11.5. The number of rotatable bonds is 2. The first-order valence-corrected chi connectivity index (χ1v) is 4.78. The van der Waals surface area contributed by atoms with E-state index in [1.54, 1.807) is 6.07 Å². The second kappa shape index (κ2) is 3.96. The predicted molar refractivity (Wildman–Crippen MR) is 56.6 cm³/mol. The summed E-state index contributed by atoms with van der Waals surface area (Å²) in [5.41, 5.74) is 1.42. The largest absolute Gasteiger partial charge is 0.396 e. The van der Waals surface area contributed by atoms with Crippen molar-refractivity contribution in [3.8, 4) is 0 Å². The van der Waals surface area contributed by atoms with Crippen LogP contribution in [0.25, 0.3) is 0 Å². The molecule has 0 saturated carbocycles. The second-order valence-corrected chi connectivity index (χ2v) is 4.45. The molecule has 0 aromatic carbocycles. The van der Waals surface area contributed by atoms with Crippen LogP contribution < -0.4 is 5.56 Å². The lowest BCUT2D eigenvalue weighted by molar-refractivity contribution is 0.299. The van der Waals surface area contributed by atoms with Gasteiger partial charge in [-0.25, -0.2) is 0 Å². The molecule has 0 aliphatic rings. The predicted octanol–water partition coefficient (Wildman–Crippen LogP) is 1.21. The number of aromatic amines is 1. The smallest absolute Gasteiger partial charge is 0.251 e. The van der Waals surface area contributed by atoms with Gasteiger partial charge in [0.1, 0.15) is 0 Å². The molecule has 0 unspecified atom stereocenters. The third kappa shape index (κ3) is 2.45. The summed E-state index contributed by atoms with van der Waals surface area (Å²) in [6, 6.07) is 3.70. The zero-order valence-corrected chi connectivity index (χ0v) is 8.92. The molecule has 0 atom stereocenters. The molecule has 1 heterocycles. The van der Waals surface area contributed by atoms with E-state index >= 15 is 0 Å². The van der Waals surface area contributed by atoms with E-state index in [9.17, 15) is 4.79 Å². The Kier molecular flexibility index (Phi) is 3.11. The standard InChI is InChI=1S/C11H17NO2/c1-11(2,3)9-5-4-8(6-7-13)10(14)12-9/h4-5,13H,6-7H2,1-3H3,(H,12,14). The summed E-state index contributed by atoms with van der Waals surface area (Å²) in [4.78, 5) is 14.3. The average molecular weight is 195 g/mol. The Bertz CT molecular complexity index is 360. The Morgan fingerprint density at radius 3 is 2.43 bits per heavy atom. The summed E-state index contributed by atoms with van der Waals surface area (Å²) in [5.74, 6) is 0. The van der Waals surface area contributed by atoms with E-state index in [0.29, 0.717) is 12.0 Å². The van der Waals surface area contributed by atoms with Gasteiger partial charge in [-0.3, -0.25) is 4.79 Å². The van der Waals surface area contributed by atoms with E-state index in [1.165, 1.54) is 0 Å². The number of aliphatic hydroxyl groups excluding tert-OH is 1. The van der Waals surface area contributed by atoms with Gasteiger partial charge in [0.15, 0.2) is 0 Å². The third-order valence-electron chi connectivity index (χ3n) is 2.18. The number of H-pyrrole nitrogens is 1. The molecule has 2 N–H and O–H groups in total. The molecule has 3 nitrogen and oxygen atoms in total. The van der Waals surface area contributed by atoms with Crippen LogP contribution in [-0.4, -0.2) is 16.7 Å². The van der Waals surface area contributed by atoms with Gasteiger partial charge in [-0.15, -0.1) is 0 Å². The summed E-state index contributed by atoms with van der Waals surface area (Å²) < 4.78 is 0. The second-order valence-electron chi connectivity index (χ2n) is 4.45. The minimum Gasteiger partial charge on any atom is -0.396 e. The molecule has 0 fully saturated rings. The van der Waals surface area contributed by atoms with E-state index in [2.05, 4.69) is 4.98 Å². The van der Waals surface area contributed by atoms with Crippen molar-refractivity contribution in [2.75, 3.05) is 6.61 Å². The lowest BCUT2D eigenvalue weighted by Crippen LogP contribution is -2.22. The SMILES string of the molecule is CC(C)(C)c1ccc(CCO)c(=O)[nH]1. The van der Waals surface area contributed by atoms with E-state index < -0.39 is 0 Å². The summed E-state index contributed by atoms with van der Waals surface area (Å²) in [6.07, 6.45) is 0.416. The van der Waals surface area contributed by atoms with Crippen LogP contribution in [0.3, 0.4) is 0 Å². The van der Waals surface area contributed by atoms with E-state index in [-0.39, 0.29) is 17.6 Å². The monoisotopic (exact) mass is 195 g/mol. The minimum absolute atomic E-state index is 0.0118. The normalized spacial score (nSPS) is 11.7. The highest BCUT2D eigenvalue weighted by Crippen LogP contribution is 2.18. The topological polar surface area (TPSA) is 53.1 Å². The van der Waals surface area contributed by atoms with Crippen LogP contribution in [0.1, 0.15) is 32.0 Å². The molecule has 0 amide bonds. The summed E-state index contributed by atoms with van der Waals surface area (Å²) in [7, 11) is 0. The van der Waals surface area contributed by atoms with Gasteiger partial charge < -0.3 is 10.1 Å². The fourth-order valence-electron chi connectivity index (χ4n) is 1.26. The molecule has 1 aromatic heterocycles. The van der Waals surface area contributed by atoms with Crippen LogP contribution in [0.4, 0.5) is 0 Å². The lowest BCUT2D eigenvalue weighted by atomic mass is 9.91. The number of nitrogens with one attached hydrogen (secondary N) is 1. The first-order valence-electron chi connectivity index (χ1n) is 4.78. The van der Waals surface area contributed by atoms with Crippen LogP contribution >= 0.6 is 0 Å². The van der Waals surface area contributed by atoms with Crippen molar-refractivity contribution in [3.63, 3.8) is 0 Å². The molecular formula is C11H17NO2. The van der Waals surface area contributed by atoms with Crippen LogP contribution in [0, 0.1) is 0 Å². The molecule has 14 heavy (non-hydrogen) atoms. The number of hydrogen-bond donors (Lipinski definition) is 2. The zero-order chi connectivity index (χ0) is 10.8.